The molecule has 0 radical (unpaired) electrons. The van der Waals surface area contributed by atoms with Crippen LogP contribution in [0.3, 0.4) is 0 Å². The summed E-state index contributed by atoms with van der Waals surface area (Å²) in [5, 5.41) is 1.000. The Morgan fingerprint density at radius 2 is 2.00 bits per heavy atom. The van der Waals surface area contributed by atoms with Crippen molar-refractivity contribution < 1.29 is 4.70 Å². The molecule has 0 N–H and O–H groups in total. The molecular formula is C3H7FS. The van der Waals surface area contributed by atoms with Gasteiger partial charge < -0.3 is 0 Å². The van der Waals surface area contributed by atoms with Crippen LogP contribution in [0.4, 0.5) is 4.70 Å². The second kappa shape index (κ2) is 1.65. The number of halogens is 1. The van der Waals surface area contributed by atoms with Crippen molar-refractivity contribution in [1.82, 2.24) is 0 Å². The molecule has 0 aromatic heterocycles. The topological polar surface area (TPSA) is 0 Å². The van der Waals surface area contributed by atoms with Gasteiger partial charge in [0, 0.05) is 11.0 Å². The Labute approximate surface area is 35.3 Å². The maximum absolute atomic E-state index is 2.24. The van der Waals surface area contributed by atoms with Gasteiger partial charge in [0.2, 0.25) is 0 Å². The maximum Gasteiger partial charge on any atom is 0.0110 e. The van der Waals surface area contributed by atoms with E-state index in [0.29, 0.717) is 0 Å². The molecule has 0 aromatic carbocycles. The first-order chi connectivity index (χ1) is 1.89. The molecule has 0 bridgehead atoms. The zero-order valence-electron chi connectivity index (χ0n) is 3.10. The van der Waals surface area contributed by atoms with E-state index in [1.807, 2.05) is 11.8 Å². The molecule has 0 saturated carbocycles. The standard InChI is InChI=1S/C3H6S.FH/c1-3-2-4-3;/h3H,2H2,1H3;1H. The van der Waals surface area contributed by atoms with Gasteiger partial charge in [-0.2, -0.15) is 11.8 Å². The Morgan fingerprint density at radius 3 is 2.00 bits per heavy atom. The fourth-order valence-electron chi connectivity index (χ4n) is 0.0962. The van der Waals surface area contributed by atoms with Crippen molar-refractivity contribution in [2.75, 3.05) is 5.75 Å². The van der Waals surface area contributed by atoms with Gasteiger partial charge in [-0.3, -0.25) is 4.70 Å². The molecule has 1 aliphatic rings. The van der Waals surface area contributed by atoms with Crippen molar-refractivity contribution in [1.29, 1.82) is 0 Å². The van der Waals surface area contributed by atoms with Gasteiger partial charge in [-0.25, -0.2) is 0 Å². The zero-order chi connectivity index (χ0) is 2.99. The van der Waals surface area contributed by atoms with Crippen LogP contribution >= 0.6 is 11.8 Å². The molecule has 32 valence electrons. The molecule has 1 aliphatic heterocycles. The fourth-order valence-corrected chi connectivity index (χ4v) is 0.289. The Hall–Kier alpha value is 0.280. The van der Waals surface area contributed by atoms with Crippen molar-refractivity contribution >= 4 is 11.8 Å². The van der Waals surface area contributed by atoms with E-state index in [1.54, 1.807) is 0 Å². The monoisotopic (exact) mass is 94.0 g/mol. The number of hydrogen-bond donors (Lipinski definition) is 0. The van der Waals surface area contributed by atoms with Gasteiger partial charge in [0.15, 0.2) is 0 Å². The van der Waals surface area contributed by atoms with Gasteiger partial charge in [-0.15, -0.1) is 0 Å². The third kappa shape index (κ3) is 2.07. The molecule has 1 rings (SSSR count). The fraction of sp³-hybridized carbons (Fsp3) is 1.00. The quantitative estimate of drug-likeness (QED) is 0.407. The number of hydrogen-bond acceptors (Lipinski definition) is 1. The van der Waals surface area contributed by atoms with Crippen molar-refractivity contribution in [2.24, 2.45) is 0 Å². The van der Waals surface area contributed by atoms with E-state index in [0.717, 1.165) is 5.25 Å². The van der Waals surface area contributed by atoms with Gasteiger partial charge in [0.25, 0.3) is 0 Å². The predicted octanol–water partition coefficient (Wildman–Crippen LogP) is 1.27. The molecule has 1 saturated heterocycles. The highest BCUT2D eigenvalue weighted by Gasteiger charge is 2.13. The summed E-state index contributed by atoms with van der Waals surface area (Å²) in [6, 6.07) is 0. The van der Waals surface area contributed by atoms with E-state index in [1.165, 1.54) is 5.75 Å². The van der Waals surface area contributed by atoms with Crippen LogP contribution in [0.1, 0.15) is 6.92 Å². The highest BCUT2D eigenvalue weighted by atomic mass is 32.2. The predicted molar refractivity (Wildman–Crippen MR) is 24.4 cm³/mol. The minimum Gasteiger partial charge on any atom is -0.269 e. The van der Waals surface area contributed by atoms with Gasteiger partial charge >= 0.3 is 0 Å². The highest BCUT2D eigenvalue weighted by Crippen LogP contribution is 2.28. The van der Waals surface area contributed by atoms with Crippen LogP contribution in [0.5, 0.6) is 0 Å². The lowest BCUT2D eigenvalue weighted by Gasteiger charge is -1.50. The molecule has 1 atom stereocenters. The van der Waals surface area contributed by atoms with Crippen LogP contribution in [-0.4, -0.2) is 11.0 Å². The van der Waals surface area contributed by atoms with Crippen molar-refractivity contribution in [3.63, 3.8) is 0 Å². The molecule has 1 unspecified atom stereocenters. The van der Waals surface area contributed by atoms with Gasteiger partial charge in [0.05, 0.1) is 0 Å². The average Bonchev–Trinajstić information content (AvgIpc) is 1.75. The third-order valence-corrected chi connectivity index (χ3v) is 1.50. The largest absolute Gasteiger partial charge is 0.269 e. The summed E-state index contributed by atoms with van der Waals surface area (Å²) in [6.45, 7) is 2.24. The molecular weight excluding hydrogens is 87.1 g/mol. The lowest BCUT2D eigenvalue weighted by atomic mass is 10.6. The van der Waals surface area contributed by atoms with Gasteiger partial charge in [-0.1, -0.05) is 6.92 Å². The first-order valence-electron chi connectivity index (χ1n) is 1.51. The summed E-state index contributed by atoms with van der Waals surface area (Å²) in [5.74, 6) is 1.40. The van der Waals surface area contributed by atoms with Crippen molar-refractivity contribution in [3.8, 4) is 0 Å². The van der Waals surface area contributed by atoms with Crippen LogP contribution in [0, 0.1) is 0 Å². The zero-order valence-corrected chi connectivity index (χ0v) is 3.92. The highest BCUT2D eigenvalue weighted by molar-refractivity contribution is 8.06. The van der Waals surface area contributed by atoms with Crippen LogP contribution < -0.4 is 0 Å². The minimum atomic E-state index is 0. The summed E-state index contributed by atoms with van der Waals surface area (Å²) in [6.07, 6.45) is 0. The lowest BCUT2D eigenvalue weighted by molar-refractivity contribution is 1.11. The molecule has 0 nitrogen and oxygen atoms in total. The summed E-state index contributed by atoms with van der Waals surface area (Å²) >= 11 is 2.02. The second-order valence-corrected chi connectivity index (χ2v) is 2.62. The molecule has 0 spiro atoms. The minimum absolute atomic E-state index is 0. The summed E-state index contributed by atoms with van der Waals surface area (Å²) in [5.41, 5.74) is 0. The third-order valence-electron chi connectivity index (χ3n) is 0.500. The SMILES string of the molecule is CC1CS1.F. The number of thioether (sulfide) groups is 1. The molecule has 1 fully saturated rings. The molecule has 0 aromatic rings. The first-order valence-corrected chi connectivity index (χ1v) is 2.56. The van der Waals surface area contributed by atoms with Gasteiger partial charge in [-0.05, 0) is 0 Å². The van der Waals surface area contributed by atoms with Crippen molar-refractivity contribution in [2.45, 2.75) is 12.2 Å². The van der Waals surface area contributed by atoms with Gasteiger partial charge in [0.1, 0.15) is 0 Å². The van der Waals surface area contributed by atoms with Crippen LogP contribution in [0.25, 0.3) is 0 Å². The molecule has 0 amide bonds. The number of rotatable bonds is 0. The maximum atomic E-state index is 2.24. The second-order valence-electron chi connectivity index (χ2n) is 1.14. The summed E-state index contributed by atoms with van der Waals surface area (Å²) < 4.78 is 0. The Morgan fingerprint density at radius 1 is 1.80 bits per heavy atom. The van der Waals surface area contributed by atoms with E-state index < -0.39 is 0 Å². The Balaban J connectivity index is 0.000000160. The van der Waals surface area contributed by atoms with Crippen LogP contribution in [0.2, 0.25) is 0 Å². The molecule has 2 heteroatoms. The molecule has 0 aliphatic carbocycles. The van der Waals surface area contributed by atoms with E-state index in [2.05, 4.69) is 6.92 Å². The van der Waals surface area contributed by atoms with Crippen molar-refractivity contribution in [3.05, 3.63) is 0 Å². The Kier molecular flexibility index (Phi) is 1.74. The van der Waals surface area contributed by atoms with Crippen LogP contribution in [0.15, 0.2) is 0 Å². The van der Waals surface area contributed by atoms with E-state index >= 15 is 0 Å². The smallest absolute Gasteiger partial charge is 0.0110 e. The average molecular weight is 94.2 g/mol. The van der Waals surface area contributed by atoms with Crippen LogP contribution in [-0.2, 0) is 0 Å². The van der Waals surface area contributed by atoms with E-state index in [9.17, 15) is 0 Å². The summed E-state index contributed by atoms with van der Waals surface area (Å²) in [7, 11) is 0. The molecule has 1 heterocycles. The first kappa shape index (κ1) is 5.28. The molecule has 5 heavy (non-hydrogen) atoms. The van der Waals surface area contributed by atoms with E-state index in [4.69, 9.17) is 0 Å². The van der Waals surface area contributed by atoms with E-state index in [-0.39, 0.29) is 4.70 Å². The summed E-state index contributed by atoms with van der Waals surface area (Å²) in [4.78, 5) is 0. The normalized spacial score (nSPS) is 31.8. The lowest BCUT2D eigenvalue weighted by Crippen LogP contribution is -1.57. The Bertz CT molecular complexity index is 26.1.